The minimum absolute atomic E-state index is 0.0723. The van der Waals surface area contributed by atoms with Gasteiger partial charge in [0, 0.05) is 13.0 Å². The lowest BCUT2D eigenvalue weighted by Gasteiger charge is -2.30. The Kier molecular flexibility index (Phi) is 3.87. The Bertz CT molecular complexity index is 1000. The Balaban J connectivity index is 1.72. The lowest BCUT2D eigenvalue weighted by atomic mass is 10.0. The summed E-state index contributed by atoms with van der Waals surface area (Å²) in [7, 11) is -3.84. The fraction of sp³-hybridized carbons (Fsp3) is 0.278. The Morgan fingerprint density at radius 1 is 1.19 bits per heavy atom. The molecule has 0 radical (unpaired) electrons. The molecule has 0 aliphatic carbocycles. The largest absolute Gasteiger partial charge is 0.478 e. The molecule has 4 rings (SSSR count). The molecule has 8 heteroatoms. The van der Waals surface area contributed by atoms with Gasteiger partial charge in [-0.25, -0.2) is 17.6 Å². The second-order valence-corrected chi connectivity index (χ2v) is 8.23. The second kappa shape index (κ2) is 5.98. The molecule has 0 bridgehead atoms. The third-order valence-corrected chi connectivity index (χ3v) is 6.50. The number of hydrogen-bond acceptors (Lipinski definition) is 4. The standard InChI is InChI=1S/C18H16FNO5S/c19-13-3-5-15-11(8-13)2-1-7-20(15)26(23,24)14-4-6-16-12(9-14)10-17(25-16)18(21)22/h3-6,8-9,17H,1-2,7,10H2,(H,21,22). The number of rotatable bonds is 3. The first-order valence-electron chi connectivity index (χ1n) is 8.20. The average molecular weight is 377 g/mol. The molecule has 0 saturated heterocycles. The van der Waals surface area contributed by atoms with Gasteiger partial charge in [0.1, 0.15) is 11.6 Å². The van der Waals surface area contributed by atoms with Crippen LogP contribution in [0.1, 0.15) is 17.5 Å². The predicted molar refractivity (Wildman–Crippen MR) is 91.5 cm³/mol. The van der Waals surface area contributed by atoms with Gasteiger partial charge in [-0.2, -0.15) is 0 Å². The van der Waals surface area contributed by atoms with E-state index in [1.54, 1.807) is 0 Å². The summed E-state index contributed by atoms with van der Waals surface area (Å²) in [5, 5.41) is 9.07. The maximum absolute atomic E-state index is 13.5. The van der Waals surface area contributed by atoms with Crippen molar-refractivity contribution in [1.29, 1.82) is 0 Å². The van der Waals surface area contributed by atoms with Gasteiger partial charge < -0.3 is 9.84 Å². The molecule has 0 spiro atoms. The number of halogens is 1. The molecule has 2 aromatic rings. The first kappa shape index (κ1) is 16.8. The van der Waals surface area contributed by atoms with Crippen molar-refractivity contribution in [2.45, 2.75) is 30.3 Å². The Labute approximate surface area is 149 Å². The van der Waals surface area contributed by atoms with Crippen LogP contribution in [0.25, 0.3) is 0 Å². The van der Waals surface area contributed by atoms with E-state index in [1.807, 2.05) is 0 Å². The summed E-state index contributed by atoms with van der Waals surface area (Å²) >= 11 is 0. The van der Waals surface area contributed by atoms with Crippen LogP contribution in [-0.4, -0.2) is 32.1 Å². The van der Waals surface area contributed by atoms with Crippen molar-refractivity contribution in [3.05, 3.63) is 53.3 Å². The molecule has 1 N–H and O–H groups in total. The smallest absolute Gasteiger partial charge is 0.345 e. The van der Waals surface area contributed by atoms with Crippen LogP contribution in [0.15, 0.2) is 41.3 Å². The number of fused-ring (bicyclic) bond motifs is 2. The molecular weight excluding hydrogens is 361 g/mol. The number of hydrogen-bond donors (Lipinski definition) is 1. The fourth-order valence-corrected chi connectivity index (χ4v) is 5.02. The van der Waals surface area contributed by atoms with Crippen molar-refractivity contribution in [2.75, 3.05) is 10.8 Å². The van der Waals surface area contributed by atoms with Crippen LogP contribution >= 0.6 is 0 Å². The number of ether oxygens (including phenoxy) is 1. The molecule has 0 fully saturated rings. The van der Waals surface area contributed by atoms with E-state index in [1.165, 1.54) is 40.7 Å². The van der Waals surface area contributed by atoms with Crippen molar-refractivity contribution < 1.29 is 27.4 Å². The molecule has 26 heavy (non-hydrogen) atoms. The minimum Gasteiger partial charge on any atom is -0.478 e. The molecule has 2 aliphatic rings. The number of carbonyl (C=O) groups is 1. The average Bonchev–Trinajstić information content (AvgIpc) is 3.04. The monoisotopic (exact) mass is 377 g/mol. The highest BCUT2D eigenvalue weighted by molar-refractivity contribution is 7.92. The maximum atomic E-state index is 13.5. The van der Waals surface area contributed by atoms with Crippen molar-refractivity contribution in [3.8, 4) is 5.75 Å². The summed E-state index contributed by atoms with van der Waals surface area (Å²) < 4.78 is 46.3. The van der Waals surface area contributed by atoms with Crippen LogP contribution in [0, 0.1) is 5.82 Å². The lowest BCUT2D eigenvalue weighted by molar-refractivity contribution is -0.144. The molecular formula is C18H16FNO5S. The molecule has 2 aliphatic heterocycles. The highest BCUT2D eigenvalue weighted by Crippen LogP contribution is 2.35. The number of carboxylic acids is 1. The molecule has 2 heterocycles. The number of carboxylic acid groups (broad SMARTS) is 1. The summed E-state index contributed by atoms with van der Waals surface area (Å²) in [6.07, 6.45) is 0.347. The van der Waals surface area contributed by atoms with Crippen molar-refractivity contribution in [1.82, 2.24) is 0 Å². The number of nitrogens with zero attached hydrogens (tertiary/aromatic N) is 1. The van der Waals surface area contributed by atoms with Crippen molar-refractivity contribution in [2.24, 2.45) is 0 Å². The van der Waals surface area contributed by atoms with Crippen LogP contribution in [0.5, 0.6) is 5.75 Å². The van der Waals surface area contributed by atoms with Gasteiger partial charge in [-0.15, -0.1) is 0 Å². The Morgan fingerprint density at radius 3 is 2.77 bits per heavy atom. The van der Waals surface area contributed by atoms with E-state index in [9.17, 15) is 17.6 Å². The number of sulfonamides is 1. The van der Waals surface area contributed by atoms with E-state index in [-0.39, 0.29) is 11.3 Å². The second-order valence-electron chi connectivity index (χ2n) is 6.37. The topological polar surface area (TPSA) is 83.9 Å². The number of benzene rings is 2. The molecule has 0 amide bonds. The molecule has 1 atom stereocenters. The Morgan fingerprint density at radius 2 is 2.00 bits per heavy atom. The molecule has 0 aromatic heterocycles. The molecule has 136 valence electrons. The number of aliphatic carboxylic acids is 1. The molecule has 2 aromatic carbocycles. The van der Waals surface area contributed by atoms with Gasteiger partial charge in [0.25, 0.3) is 10.0 Å². The highest BCUT2D eigenvalue weighted by atomic mass is 32.2. The van der Waals surface area contributed by atoms with Crippen LogP contribution in [0.4, 0.5) is 10.1 Å². The lowest BCUT2D eigenvalue weighted by Crippen LogP contribution is -2.35. The summed E-state index contributed by atoms with van der Waals surface area (Å²) in [5.74, 6) is -1.09. The van der Waals surface area contributed by atoms with Crippen molar-refractivity contribution in [3.63, 3.8) is 0 Å². The zero-order chi connectivity index (χ0) is 18.5. The van der Waals surface area contributed by atoms with Gasteiger partial charge >= 0.3 is 5.97 Å². The first-order chi connectivity index (χ1) is 12.4. The van der Waals surface area contributed by atoms with Crippen LogP contribution in [0.2, 0.25) is 0 Å². The molecule has 0 saturated carbocycles. The Hall–Kier alpha value is -2.61. The normalized spacial score (nSPS) is 18.8. The van der Waals surface area contributed by atoms with Gasteiger partial charge in [-0.1, -0.05) is 0 Å². The van der Waals surface area contributed by atoms with Crippen LogP contribution in [0.3, 0.4) is 0 Å². The fourth-order valence-electron chi connectivity index (χ4n) is 3.43. The molecule has 6 nitrogen and oxygen atoms in total. The number of aryl methyl sites for hydroxylation is 1. The van der Waals surface area contributed by atoms with Crippen LogP contribution in [-0.2, 0) is 27.7 Å². The summed E-state index contributed by atoms with van der Waals surface area (Å²) in [5.41, 5.74) is 1.70. The predicted octanol–water partition coefficient (Wildman–Crippen LogP) is 2.36. The van der Waals surface area contributed by atoms with E-state index < -0.39 is 27.9 Å². The quantitative estimate of drug-likeness (QED) is 0.888. The van der Waals surface area contributed by atoms with Gasteiger partial charge in [0.15, 0.2) is 6.10 Å². The summed E-state index contributed by atoms with van der Waals surface area (Å²) in [6, 6.07) is 8.46. The van der Waals surface area contributed by atoms with Gasteiger partial charge in [-0.3, -0.25) is 4.31 Å². The highest BCUT2D eigenvalue weighted by Gasteiger charge is 2.33. The van der Waals surface area contributed by atoms with Gasteiger partial charge in [0.2, 0.25) is 0 Å². The summed E-state index contributed by atoms with van der Waals surface area (Å²) in [4.78, 5) is 11.2. The zero-order valence-electron chi connectivity index (χ0n) is 13.7. The van der Waals surface area contributed by atoms with E-state index >= 15 is 0 Å². The summed E-state index contributed by atoms with van der Waals surface area (Å²) in [6.45, 7) is 0.312. The van der Waals surface area contributed by atoms with Crippen molar-refractivity contribution >= 4 is 21.7 Å². The van der Waals surface area contributed by atoms with Crippen LogP contribution < -0.4 is 9.04 Å². The third kappa shape index (κ3) is 2.70. The van der Waals surface area contributed by atoms with E-state index in [4.69, 9.17) is 9.84 Å². The first-order valence-corrected chi connectivity index (χ1v) is 9.64. The SMILES string of the molecule is O=C(O)C1Cc2cc(S(=O)(=O)N3CCCc4cc(F)ccc43)ccc2O1. The third-order valence-electron chi connectivity index (χ3n) is 4.69. The maximum Gasteiger partial charge on any atom is 0.345 e. The minimum atomic E-state index is -3.84. The number of anilines is 1. The van der Waals surface area contributed by atoms with Gasteiger partial charge in [-0.05, 0) is 60.4 Å². The van der Waals surface area contributed by atoms with E-state index in [0.29, 0.717) is 42.0 Å². The van der Waals surface area contributed by atoms with E-state index in [2.05, 4.69) is 0 Å². The zero-order valence-corrected chi connectivity index (χ0v) is 14.5. The van der Waals surface area contributed by atoms with Gasteiger partial charge in [0.05, 0.1) is 10.6 Å². The van der Waals surface area contributed by atoms with E-state index in [0.717, 1.165) is 0 Å². The molecule has 1 unspecified atom stereocenters.